The molecule has 0 atom stereocenters. The number of methoxy groups -OCH3 is 1. The minimum Gasteiger partial charge on any atom is -0.469 e. The van der Waals surface area contributed by atoms with Crippen molar-refractivity contribution in [1.82, 2.24) is 0 Å². The van der Waals surface area contributed by atoms with Crippen LogP contribution in [0.5, 0.6) is 5.75 Å². The van der Waals surface area contributed by atoms with Gasteiger partial charge in [-0.1, -0.05) is 24.3 Å². The first-order chi connectivity index (χ1) is 14.9. The number of hydrogen-bond donors (Lipinski definition) is 0. The Hall–Kier alpha value is -3.14. The highest BCUT2D eigenvalue weighted by molar-refractivity contribution is 7.88. The molecule has 5 nitrogen and oxygen atoms in total. The zero-order chi connectivity index (χ0) is 23.7. The molecule has 0 aromatic heterocycles. The van der Waals surface area contributed by atoms with E-state index in [1.165, 1.54) is 31.4 Å². The minimum absolute atomic E-state index is 0.0186. The van der Waals surface area contributed by atoms with Crippen LogP contribution in [0, 0.1) is 12.7 Å². The summed E-state index contributed by atoms with van der Waals surface area (Å²) in [6.07, 6.45) is 0.276. The maximum Gasteiger partial charge on any atom is 0.534 e. The molecule has 32 heavy (non-hydrogen) atoms. The van der Waals surface area contributed by atoms with Crippen LogP contribution in [0.2, 0.25) is 0 Å². The van der Waals surface area contributed by atoms with Gasteiger partial charge in [0.1, 0.15) is 11.6 Å². The topological polar surface area (TPSA) is 69.7 Å². The van der Waals surface area contributed by atoms with Crippen molar-refractivity contribution in [3.05, 3.63) is 76.6 Å². The second kappa shape index (κ2) is 8.78. The number of fused-ring (bicyclic) bond motifs is 1. The van der Waals surface area contributed by atoms with E-state index < -0.39 is 33.2 Å². The average Bonchev–Trinajstić information content (AvgIpc) is 2.71. The predicted octanol–water partition coefficient (Wildman–Crippen LogP) is 4.82. The summed E-state index contributed by atoms with van der Waals surface area (Å²) in [5, 5.41) is 1.33. The van der Waals surface area contributed by atoms with Crippen LogP contribution in [0.4, 0.5) is 17.6 Å². The molecule has 170 valence electrons. The Kier molecular flexibility index (Phi) is 6.45. The molecule has 0 unspecified atom stereocenters. The molecule has 0 fully saturated rings. The molecule has 0 aliphatic rings. The quantitative estimate of drug-likeness (QED) is 0.224. The summed E-state index contributed by atoms with van der Waals surface area (Å²) in [6.45, 7) is 1.78. The molecule has 3 aromatic carbocycles. The zero-order valence-corrected chi connectivity index (χ0v) is 17.8. The van der Waals surface area contributed by atoms with Crippen molar-refractivity contribution in [2.24, 2.45) is 0 Å². The molecule has 3 rings (SSSR count). The van der Waals surface area contributed by atoms with Gasteiger partial charge in [-0.2, -0.15) is 21.6 Å². The van der Waals surface area contributed by atoms with Crippen LogP contribution in [-0.4, -0.2) is 27.0 Å². The normalized spacial score (nSPS) is 12.1. The molecule has 0 bridgehead atoms. The zero-order valence-electron chi connectivity index (χ0n) is 17.0. The third-order valence-electron chi connectivity index (χ3n) is 4.96. The van der Waals surface area contributed by atoms with E-state index in [4.69, 9.17) is 4.74 Å². The fraction of sp³-hybridized carbons (Fsp3) is 0.227. The summed E-state index contributed by atoms with van der Waals surface area (Å²) in [5.41, 5.74) is -2.76. The third-order valence-corrected chi connectivity index (χ3v) is 5.94. The van der Waals surface area contributed by atoms with Gasteiger partial charge >= 0.3 is 21.6 Å². The highest BCUT2D eigenvalue weighted by Gasteiger charge is 2.48. The standard InChI is InChI=1S/C22H18F4O5S/c1-13-16(11-21(27)30-2)10-15-5-6-17(23)12-20(15)19(13)9-14-3-7-18(8-4-14)31-32(28,29)22(24,25)26/h3-8,10,12H,9,11H2,1-2H3. The average molecular weight is 470 g/mol. The van der Waals surface area contributed by atoms with E-state index in [-0.39, 0.29) is 12.8 Å². The first-order valence-corrected chi connectivity index (χ1v) is 10.7. The van der Waals surface area contributed by atoms with Gasteiger partial charge in [0.05, 0.1) is 13.5 Å². The molecule has 0 aliphatic carbocycles. The van der Waals surface area contributed by atoms with Crippen molar-refractivity contribution in [3.63, 3.8) is 0 Å². The molecule has 0 saturated heterocycles. The Balaban J connectivity index is 1.98. The number of hydrogen-bond acceptors (Lipinski definition) is 5. The number of benzene rings is 3. The number of rotatable bonds is 6. The first-order valence-electron chi connectivity index (χ1n) is 9.28. The first kappa shape index (κ1) is 23.5. The van der Waals surface area contributed by atoms with Crippen LogP contribution < -0.4 is 4.18 Å². The Morgan fingerprint density at radius 2 is 1.69 bits per heavy atom. The summed E-state index contributed by atoms with van der Waals surface area (Å²) in [5.74, 6) is -1.37. The second-order valence-electron chi connectivity index (χ2n) is 7.06. The Labute approximate surface area is 181 Å². The summed E-state index contributed by atoms with van der Waals surface area (Å²) in [6, 6.07) is 11.1. The predicted molar refractivity (Wildman–Crippen MR) is 109 cm³/mol. The Morgan fingerprint density at radius 1 is 1.03 bits per heavy atom. The van der Waals surface area contributed by atoms with Gasteiger partial charge < -0.3 is 8.92 Å². The third kappa shape index (κ3) is 5.01. The van der Waals surface area contributed by atoms with Crippen molar-refractivity contribution in [2.45, 2.75) is 25.3 Å². The molecule has 0 N–H and O–H groups in total. The molecular weight excluding hydrogens is 452 g/mol. The van der Waals surface area contributed by atoms with Crippen molar-refractivity contribution in [3.8, 4) is 5.75 Å². The minimum atomic E-state index is -5.77. The molecular formula is C22H18F4O5S. The van der Waals surface area contributed by atoms with Crippen LogP contribution in [0.15, 0.2) is 48.5 Å². The summed E-state index contributed by atoms with van der Waals surface area (Å²) >= 11 is 0. The molecule has 0 saturated carbocycles. The van der Waals surface area contributed by atoms with E-state index in [0.29, 0.717) is 21.9 Å². The molecule has 0 spiro atoms. The van der Waals surface area contributed by atoms with E-state index in [9.17, 15) is 30.8 Å². The smallest absolute Gasteiger partial charge is 0.469 e. The van der Waals surface area contributed by atoms with Gasteiger partial charge in [-0.25, -0.2) is 4.39 Å². The van der Waals surface area contributed by atoms with Crippen LogP contribution in [-0.2, 0) is 32.5 Å². The molecule has 0 amide bonds. The number of carbonyl (C=O) groups is 1. The highest BCUT2D eigenvalue weighted by atomic mass is 32.2. The summed E-state index contributed by atoms with van der Waals surface area (Å²) in [4.78, 5) is 11.8. The fourth-order valence-electron chi connectivity index (χ4n) is 3.29. The van der Waals surface area contributed by atoms with Crippen molar-refractivity contribution < 1.29 is 39.7 Å². The highest BCUT2D eigenvalue weighted by Crippen LogP contribution is 2.31. The summed E-state index contributed by atoms with van der Waals surface area (Å²) in [7, 11) is -4.49. The van der Waals surface area contributed by atoms with Gasteiger partial charge in [0.15, 0.2) is 0 Å². The molecule has 0 radical (unpaired) electrons. The molecule has 3 aromatic rings. The second-order valence-corrected chi connectivity index (χ2v) is 8.60. The van der Waals surface area contributed by atoms with Gasteiger partial charge in [-0.05, 0) is 70.6 Å². The van der Waals surface area contributed by atoms with Gasteiger partial charge in [-0.15, -0.1) is 0 Å². The molecule has 0 heterocycles. The number of alkyl halides is 3. The van der Waals surface area contributed by atoms with Gasteiger partial charge in [0.2, 0.25) is 0 Å². The van der Waals surface area contributed by atoms with Crippen molar-refractivity contribution >= 4 is 26.9 Å². The summed E-state index contributed by atoms with van der Waals surface area (Å²) < 4.78 is 82.5. The molecule has 10 heteroatoms. The van der Waals surface area contributed by atoms with Crippen LogP contribution in [0.3, 0.4) is 0 Å². The van der Waals surface area contributed by atoms with Gasteiger partial charge in [0.25, 0.3) is 0 Å². The number of carbonyl (C=O) groups excluding carboxylic acids is 1. The number of esters is 1. The lowest BCUT2D eigenvalue weighted by Crippen LogP contribution is -2.28. The fourth-order valence-corrected chi connectivity index (χ4v) is 3.75. The lowest BCUT2D eigenvalue weighted by atomic mass is 9.90. The van der Waals surface area contributed by atoms with Crippen molar-refractivity contribution in [2.75, 3.05) is 7.11 Å². The SMILES string of the molecule is COC(=O)Cc1cc2ccc(F)cc2c(Cc2ccc(OS(=O)(=O)C(F)(F)F)cc2)c1C. The lowest BCUT2D eigenvalue weighted by Gasteiger charge is -2.16. The largest absolute Gasteiger partial charge is 0.534 e. The monoisotopic (exact) mass is 470 g/mol. The number of ether oxygens (including phenoxy) is 1. The van der Waals surface area contributed by atoms with Crippen LogP contribution >= 0.6 is 0 Å². The van der Waals surface area contributed by atoms with E-state index in [0.717, 1.165) is 23.3 Å². The van der Waals surface area contributed by atoms with Crippen molar-refractivity contribution in [1.29, 1.82) is 0 Å². The Morgan fingerprint density at radius 3 is 2.28 bits per heavy atom. The maximum atomic E-state index is 13.9. The number of halogens is 4. The maximum absolute atomic E-state index is 13.9. The van der Waals surface area contributed by atoms with Crippen LogP contribution in [0.25, 0.3) is 10.8 Å². The van der Waals surface area contributed by atoms with E-state index in [1.54, 1.807) is 19.1 Å². The van der Waals surface area contributed by atoms with E-state index in [1.807, 2.05) is 0 Å². The van der Waals surface area contributed by atoms with E-state index >= 15 is 0 Å². The van der Waals surface area contributed by atoms with Gasteiger partial charge in [0, 0.05) is 0 Å². The van der Waals surface area contributed by atoms with E-state index in [2.05, 4.69) is 4.18 Å². The Bertz CT molecular complexity index is 1270. The lowest BCUT2D eigenvalue weighted by molar-refractivity contribution is -0.139. The molecule has 0 aliphatic heterocycles. The van der Waals surface area contributed by atoms with Gasteiger partial charge in [-0.3, -0.25) is 4.79 Å². The van der Waals surface area contributed by atoms with Crippen LogP contribution in [0.1, 0.15) is 22.3 Å².